The summed E-state index contributed by atoms with van der Waals surface area (Å²) in [5, 5.41) is 3.68. The minimum Gasteiger partial charge on any atom is -0.467 e. The van der Waals surface area contributed by atoms with E-state index in [0.717, 1.165) is 10.9 Å². The molecule has 126 valence electrons. The average molecular weight is 335 g/mol. The van der Waals surface area contributed by atoms with Crippen molar-refractivity contribution < 1.29 is 14.3 Å². The maximum absolute atomic E-state index is 12.3. The molecule has 0 fully saturated rings. The number of esters is 1. The summed E-state index contributed by atoms with van der Waals surface area (Å²) in [4.78, 5) is 32.9. The summed E-state index contributed by atoms with van der Waals surface area (Å²) in [6.45, 7) is 0. The van der Waals surface area contributed by atoms with E-state index >= 15 is 0 Å². The van der Waals surface area contributed by atoms with Gasteiger partial charge in [-0.1, -0.05) is 30.3 Å². The highest BCUT2D eigenvalue weighted by Gasteiger charge is 2.23. The Bertz CT molecular complexity index is 897. The SMILES string of the molecule is COC(=O)[C@H](Cc1ccc2ccccc2n1)NC(=O)c1ccccn1. The van der Waals surface area contributed by atoms with Crippen LogP contribution in [0.15, 0.2) is 60.8 Å². The molecule has 3 aromatic rings. The van der Waals surface area contributed by atoms with Crippen LogP contribution < -0.4 is 5.32 Å². The van der Waals surface area contributed by atoms with Gasteiger partial charge in [0, 0.05) is 23.7 Å². The van der Waals surface area contributed by atoms with Crippen molar-refractivity contribution in [2.24, 2.45) is 0 Å². The number of aromatic nitrogens is 2. The number of fused-ring (bicyclic) bond motifs is 1. The molecule has 0 aliphatic heterocycles. The van der Waals surface area contributed by atoms with E-state index in [9.17, 15) is 9.59 Å². The monoisotopic (exact) mass is 335 g/mol. The van der Waals surface area contributed by atoms with Gasteiger partial charge in [-0.15, -0.1) is 0 Å². The van der Waals surface area contributed by atoms with Crippen LogP contribution in [0.4, 0.5) is 0 Å². The number of methoxy groups -OCH3 is 1. The van der Waals surface area contributed by atoms with Gasteiger partial charge in [-0.25, -0.2) is 4.79 Å². The molecule has 0 aliphatic carbocycles. The first kappa shape index (κ1) is 16.6. The zero-order valence-corrected chi connectivity index (χ0v) is 13.7. The number of amides is 1. The normalized spacial score (nSPS) is 11.7. The van der Waals surface area contributed by atoms with Crippen LogP contribution in [0.1, 0.15) is 16.2 Å². The third-order valence-corrected chi connectivity index (χ3v) is 3.76. The molecule has 3 rings (SSSR count). The van der Waals surface area contributed by atoms with E-state index in [1.807, 2.05) is 36.4 Å². The van der Waals surface area contributed by atoms with Crippen molar-refractivity contribution in [3.63, 3.8) is 0 Å². The molecule has 2 aromatic heterocycles. The minimum absolute atomic E-state index is 0.232. The Hall–Kier alpha value is -3.28. The standard InChI is InChI=1S/C19H17N3O3/c1-25-19(24)17(22-18(23)16-8-4-5-11-20-16)12-14-10-9-13-6-2-3-7-15(13)21-14/h2-11,17H,12H2,1H3,(H,22,23)/t17-/m0/s1. The largest absolute Gasteiger partial charge is 0.467 e. The van der Waals surface area contributed by atoms with Crippen molar-refractivity contribution in [2.75, 3.05) is 7.11 Å². The summed E-state index contributed by atoms with van der Waals surface area (Å²) in [7, 11) is 1.29. The van der Waals surface area contributed by atoms with Gasteiger partial charge in [0.2, 0.25) is 0 Å². The van der Waals surface area contributed by atoms with Gasteiger partial charge in [0.05, 0.1) is 12.6 Å². The van der Waals surface area contributed by atoms with Crippen LogP contribution in [0.2, 0.25) is 0 Å². The van der Waals surface area contributed by atoms with E-state index in [1.165, 1.54) is 13.3 Å². The van der Waals surface area contributed by atoms with Crippen molar-refractivity contribution >= 4 is 22.8 Å². The Morgan fingerprint density at radius 3 is 2.64 bits per heavy atom. The van der Waals surface area contributed by atoms with Crippen molar-refractivity contribution in [3.05, 3.63) is 72.2 Å². The fraction of sp³-hybridized carbons (Fsp3) is 0.158. The van der Waals surface area contributed by atoms with Crippen LogP contribution in [0.25, 0.3) is 10.9 Å². The van der Waals surface area contributed by atoms with E-state index in [4.69, 9.17) is 4.74 Å². The quantitative estimate of drug-likeness (QED) is 0.723. The lowest BCUT2D eigenvalue weighted by Crippen LogP contribution is -2.43. The summed E-state index contributed by atoms with van der Waals surface area (Å²) < 4.78 is 4.81. The highest BCUT2D eigenvalue weighted by molar-refractivity contribution is 5.95. The number of rotatable bonds is 5. The smallest absolute Gasteiger partial charge is 0.328 e. The molecule has 0 bridgehead atoms. The molecule has 1 N–H and O–H groups in total. The summed E-state index contributed by atoms with van der Waals surface area (Å²) >= 11 is 0. The second-order valence-corrected chi connectivity index (χ2v) is 5.46. The summed E-state index contributed by atoms with van der Waals surface area (Å²) in [6, 6.07) is 15.6. The number of hydrogen-bond acceptors (Lipinski definition) is 5. The number of carbonyl (C=O) groups is 2. The van der Waals surface area contributed by atoms with Crippen LogP contribution >= 0.6 is 0 Å². The van der Waals surface area contributed by atoms with Crippen LogP contribution in [0, 0.1) is 0 Å². The molecule has 6 nitrogen and oxygen atoms in total. The molecule has 0 spiro atoms. The molecule has 25 heavy (non-hydrogen) atoms. The first-order valence-electron chi connectivity index (χ1n) is 7.82. The van der Waals surface area contributed by atoms with Gasteiger partial charge >= 0.3 is 5.97 Å². The third kappa shape index (κ3) is 3.98. The highest BCUT2D eigenvalue weighted by Crippen LogP contribution is 2.13. The average Bonchev–Trinajstić information content (AvgIpc) is 2.67. The maximum Gasteiger partial charge on any atom is 0.328 e. The Labute approximate surface area is 144 Å². The summed E-state index contributed by atoms with van der Waals surface area (Å²) in [5.41, 5.74) is 1.76. The Balaban J connectivity index is 1.80. The molecular formula is C19H17N3O3. The van der Waals surface area contributed by atoms with E-state index in [-0.39, 0.29) is 12.1 Å². The van der Waals surface area contributed by atoms with E-state index in [2.05, 4.69) is 15.3 Å². The lowest BCUT2D eigenvalue weighted by atomic mass is 10.1. The number of pyridine rings is 2. The summed E-state index contributed by atoms with van der Waals surface area (Å²) in [5.74, 6) is -0.962. The molecule has 0 aliphatic rings. The molecule has 6 heteroatoms. The van der Waals surface area contributed by atoms with Gasteiger partial charge in [-0.2, -0.15) is 0 Å². The topological polar surface area (TPSA) is 81.2 Å². The lowest BCUT2D eigenvalue weighted by Gasteiger charge is -2.16. The van der Waals surface area contributed by atoms with Gasteiger partial charge in [-0.3, -0.25) is 14.8 Å². The predicted octanol–water partition coefficient (Wildman–Crippen LogP) is 2.14. The first-order chi connectivity index (χ1) is 12.2. The fourth-order valence-electron chi connectivity index (χ4n) is 2.50. The van der Waals surface area contributed by atoms with Gasteiger partial charge in [0.15, 0.2) is 0 Å². The zero-order valence-electron chi connectivity index (χ0n) is 13.7. The molecule has 1 aromatic carbocycles. The van der Waals surface area contributed by atoms with E-state index < -0.39 is 17.9 Å². The van der Waals surface area contributed by atoms with Crippen molar-refractivity contribution in [2.45, 2.75) is 12.5 Å². The molecule has 0 saturated heterocycles. The molecule has 1 amide bonds. The highest BCUT2D eigenvalue weighted by atomic mass is 16.5. The van der Waals surface area contributed by atoms with E-state index in [0.29, 0.717) is 5.69 Å². The third-order valence-electron chi connectivity index (χ3n) is 3.76. The fourth-order valence-corrected chi connectivity index (χ4v) is 2.50. The molecular weight excluding hydrogens is 318 g/mol. The van der Waals surface area contributed by atoms with Crippen LogP contribution in [0.3, 0.4) is 0 Å². The number of benzene rings is 1. The van der Waals surface area contributed by atoms with Crippen molar-refractivity contribution in [1.29, 1.82) is 0 Å². The summed E-state index contributed by atoms with van der Waals surface area (Å²) in [6.07, 6.45) is 1.75. The Morgan fingerprint density at radius 1 is 1.08 bits per heavy atom. The van der Waals surface area contributed by atoms with Crippen LogP contribution in [0.5, 0.6) is 0 Å². The van der Waals surface area contributed by atoms with Crippen LogP contribution in [-0.2, 0) is 16.0 Å². The molecule has 0 saturated carbocycles. The predicted molar refractivity (Wildman–Crippen MR) is 93.0 cm³/mol. The zero-order chi connectivity index (χ0) is 17.6. The number of nitrogens with one attached hydrogen (secondary N) is 1. The molecule has 2 heterocycles. The Kier molecular flexibility index (Phi) is 4.99. The number of hydrogen-bond donors (Lipinski definition) is 1. The molecule has 0 unspecified atom stereocenters. The van der Waals surface area contributed by atoms with Gasteiger partial charge < -0.3 is 10.1 Å². The number of nitrogens with zero attached hydrogens (tertiary/aromatic N) is 2. The first-order valence-corrected chi connectivity index (χ1v) is 7.82. The molecule has 0 radical (unpaired) electrons. The van der Waals surface area contributed by atoms with E-state index in [1.54, 1.807) is 18.2 Å². The molecule has 1 atom stereocenters. The number of ether oxygens (including phenoxy) is 1. The minimum atomic E-state index is -0.840. The Morgan fingerprint density at radius 2 is 1.88 bits per heavy atom. The van der Waals surface area contributed by atoms with Gasteiger partial charge in [0.25, 0.3) is 5.91 Å². The van der Waals surface area contributed by atoms with Gasteiger partial charge in [-0.05, 0) is 24.3 Å². The number of para-hydroxylation sites is 1. The second-order valence-electron chi connectivity index (χ2n) is 5.46. The van der Waals surface area contributed by atoms with Crippen LogP contribution in [-0.4, -0.2) is 35.0 Å². The lowest BCUT2D eigenvalue weighted by molar-refractivity contribution is -0.142. The maximum atomic E-state index is 12.3. The van der Waals surface area contributed by atoms with Crippen molar-refractivity contribution in [1.82, 2.24) is 15.3 Å². The second kappa shape index (κ2) is 7.53. The van der Waals surface area contributed by atoms with Gasteiger partial charge in [0.1, 0.15) is 11.7 Å². The van der Waals surface area contributed by atoms with Crippen molar-refractivity contribution in [3.8, 4) is 0 Å². The number of carbonyl (C=O) groups excluding carboxylic acids is 2.